The van der Waals surface area contributed by atoms with E-state index in [0.29, 0.717) is 18.0 Å². The van der Waals surface area contributed by atoms with E-state index in [2.05, 4.69) is 0 Å². The van der Waals surface area contributed by atoms with Crippen molar-refractivity contribution in [2.24, 2.45) is 5.92 Å². The second-order valence-corrected chi connectivity index (χ2v) is 4.84. The molecule has 0 bridgehead atoms. The Kier molecular flexibility index (Phi) is 5.02. The van der Waals surface area contributed by atoms with Crippen LogP contribution < -0.4 is 0 Å². The van der Waals surface area contributed by atoms with Gasteiger partial charge < -0.3 is 14.9 Å². The highest BCUT2D eigenvalue weighted by Gasteiger charge is 2.36. The number of piperidine rings is 1. The standard InChI is InChI=1S/C11H17F3N2O3/c1-8-3-2-4-15(5-8)10(19)16(6-9(17)18)7-11(12,13)14/h8H,2-7H2,1H3,(H,17,18). The van der Waals surface area contributed by atoms with Crippen LogP contribution in [0.4, 0.5) is 18.0 Å². The Morgan fingerprint density at radius 2 is 2.05 bits per heavy atom. The SMILES string of the molecule is CC1CCCN(C(=O)N(CC(=O)O)CC(F)(F)F)C1. The fourth-order valence-corrected chi connectivity index (χ4v) is 2.13. The summed E-state index contributed by atoms with van der Waals surface area (Å²) >= 11 is 0. The van der Waals surface area contributed by atoms with Gasteiger partial charge in [-0.25, -0.2) is 4.79 Å². The number of carboxylic acid groups (broad SMARTS) is 1. The lowest BCUT2D eigenvalue weighted by Gasteiger charge is -2.35. The normalized spacial score (nSPS) is 20.2. The Bertz CT molecular complexity index is 347. The number of halogens is 3. The maximum absolute atomic E-state index is 12.4. The molecule has 19 heavy (non-hydrogen) atoms. The summed E-state index contributed by atoms with van der Waals surface area (Å²) in [6.07, 6.45) is -2.96. The van der Waals surface area contributed by atoms with Crippen molar-refractivity contribution < 1.29 is 27.9 Å². The first-order valence-corrected chi connectivity index (χ1v) is 6.01. The van der Waals surface area contributed by atoms with Crippen molar-refractivity contribution in [1.82, 2.24) is 9.80 Å². The Hall–Kier alpha value is -1.47. The summed E-state index contributed by atoms with van der Waals surface area (Å²) < 4.78 is 37.1. The van der Waals surface area contributed by atoms with Crippen molar-refractivity contribution in [3.63, 3.8) is 0 Å². The van der Waals surface area contributed by atoms with E-state index < -0.39 is 31.3 Å². The molecule has 1 saturated heterocycles. The summed E-state index contributed by atoms with van der Waals surface area (Å²) in [6.45, 7) is 0.168. The molecule has 1 rings (SSSR count). The van der Waals surface area contributed by atoms with E-state index in [9.17, 15) is 22.8 Å². The summed E-state index contributed by atoms with van der Waals surface area (Å²) in [6, 6.07) is -0.855. The molecule has 1 atom stereocenters. The van der Waals surface area contributed by atoms with Crippen LogP contribution in [0.5, 0.6) is 0 Å². The molecular weight excluding hydrogens is 265 g/mol. The average Bonchev–Trinajstić information content (AvgIpc) is 2.24. The van der Waals surface area contributed by atoms with Crippen molar-refractivity contribution in [2.45, 2.75) is 25.9 Å². The third-order valence-electron chi connectivity index (χ3n) is 2.89. The van der Waals surface area contributed by atoms with Crippen LogP contribution in [0.15, 0.2) is 0 Å². The smallest absolute Gasteiger partial charge is 0.406 e. The van der Waals surface area contributed by atoms with Crippen LogP contribution in [0.1, 0.15) is 19.8 Å². The molecule has 0 spiro atoms. The molecule has 0 aromatic heterocycles. The molecule has 2 amide bonds. The molecule has 1 fully saturated rings. The van der Waals surface area contributed by atoms with Gasteiger partial charge in [-0.1, -0.05) is 6.92 Å². The van der Waals surface area contributed by atoms with E-state index in [1.165, 1.54) is 4.90 Å². The molecule has 1 heterocycles. The van der Waals surface area contributed by atoms with E-state index in [1.807, 2.05) is 6.92 Å². The van der Waals surface area contributed by atoms with Crippen molar-refractivity contribution >= 4 is 12.0 Å². The average molecular weight is 282 g/mol. The first-order chi connectivity index (χ1) is 8.69. The van der Waals surface area contributed by atoms with Crippen LogP contribution in [0.3, 0.4) is 0 Å². The predicted molar refractivity (Wildman–Crippen MR) is 60.6 cm³/mol. The third kappa shape index (κ3) is 5.35. The van der Waals surface area contributed by atoms with Gasteiger partial charge in [0.1, 0.15) is 13.1 Å². The second-order valence-electron chi connectivity index (χ2n) is 4.84. The minimum Gasteiger partial charge on any atom is -0.480 e. The van der Waals surface area contributed by atoms with Crippen LogP contribution >= 0.6 is 0 Å². The van der Waals surface area contributed by atoms with Crippen LogP contribution in [0, 0.1) is 5.92 Å². The Balaban J connectivity index is 2.72. The minimum absolute atomic E-state index is 0.218. The first-order valence-electron chi connectivity index (χ1n) is 6.01. The molecule has 1 aliphatic heterocycles. The molecule has 1 N–H and O–H groups in total. The van der Waals surface area contributed by atoms with Crippen LogP contribution in [0.2, 0.25) is 0 Å². The number of carbonyl (C=O) groups excluding carboxylic acids is 1. The number of aliphatic carboxylic acids is 1. The lowest BCUT2D eigenvalue weighted by atomic mass is 10.0. The van der Waals surface area contributed by atoms with E-state index in [1.54, 1.807) is 0 Å². The van der Waals surface area contributed by atoms with Gasteiger partial charge in [0.25, 0.3) is 0 Å². The lowest BCUT2D eigenvalue weighted by molar-refractivity contribution is -0.149. The largest absolute Gasteiger partial charge is 0.480 e. The molecular formula is C11H17F3N2O3. The van der Waals surface area contributed by atoms with Crippen molar-refractivity contribution in [3.05, 3.63) is 0 Å². The number of rotatable bonds is 3. The summed E-state index contributed by atoms with van der Waals surface area (Å²) in [5.74, 6) is -1.24. The van der Waals surface area contributed by atoms with Gasteiger partial charge in [-0.2, -0.15) is 13.2 Å². The van der Waals surface area contributed by atoms with Gasteiger partial charge in [0.15, 0.2) is 0 Å². The van der Waals surface area contributed by atoms with Gasteiger partial charge in [0.05, 0.1) is 0 Å². The van der Waals surface area contributed by atoms with E-state index in [4.69, 9.17) is 5.11 Å². The molecule has 0 aromatic rings. The van der Waals surface area contributed by atoms with Crippen LogP contribution in [0.25, 0.3) is 0 Å². The van der Waals surface area contributed by atoms with Gasteiger partial charge >= 0.3 is 18.2 Å². The third-order valence-corrected chi connectivity index (χ3v) is 2.89. The van der Waals surface area contributed by atoms with Crippen LogP contribution in [-0.2, 0) is 4.79 Å². The molecule has 5 nitrogen and oxygen atoms in total. The molecule has 0 radical (unpaired) electrons. The molecule has 1 unspecified atom stereocenters. The van der Waals surface area contributed by atoms with Crippen LogP contribution in [-0.4, -0.2) is 59.3 Å². The number of nitrogens with zero attached hydrogens (tertiary/aromatic N) is 2. The maximum atomic E-state index is 12.4. The topological polar surface area (TPSA) is 60.9 Å². The van der Waals surface area contributed by atoms with E-state index in [-0.39, 0.29) is 5.92 Å². The number of carboxylic acids is 1. The number of urea groups is 1. The zero-order valence-corrected chi connectivity index (χ0v) is 10.6. The summed E-state index contributed by atoms with van der Waals surface area (Å²) in [5.41, 5.74) is 0. The zero-order chi connectivity index (χ0) is 14.6. The summed E-state index contributed by atoms with van der Waals surface area (Å²) in [4.78, 5) is 24.1. The predicted octanol–water partition coefficient (Wildman–Crippen LogP) is 1.79. The number of likely N-dealkylation sites (tertiary alicyclic amines) is 1. The highest BCUT2D eigenvalue weighted by atomic mass is 19.4. The van der Waals surface area contributed by atoms with Gasteiger partial charge in [-0.3, -0.25) is 4.79 Å². The maximum Gasteiger partial charge on any atom is 0.406 e. The fraction of sp³-hybridized carbons (Fsp3) is 0.818. The number of hydrogen-bond donors (Lipinski definition) is 1. The van der Waals surface area contributed by atoms with Crippen molar-refractivity contribution in [3.8, 4) is 0 Å². The molecule has 0 aliphatic carbocycles. The molecule has 0 aromatic carbocycles. The monoisotopic (exact) mass is 282 g/mol. The number of hydrogen-bond acceptors (Lipinski definition) is 2. The summed E-state index contributed by atoms with van der Waals surface area (Å²) in [7, 11) is 0. The Labute approximate surface area is 109 Å². The highest BCUT2D eigenvalue weighted by molar-refractivity contribution is 5.80. The molecule has 0 saturated carbocycles. The fourth-order valence-electron chi connectivity index (χ4n) is 2.13. The molecule has 8 heteroatoms. The second kappa shape index (κ2) is 6.12. The lowest BCUT2D eigenvalue weighted by Crippen LogP contribution is -2.51. The van der Waals surface area contributed by atoms with E-state index >= 15 is 0 Å². The van der Waals surface area contributed by atoms with Gasteiger partial charge in [0.2, 0.25) is 0 Å². The van der Waals surface area contributed by atoms with Crippen molar-refractivity contribution in [1.29, 1.82) is 0 Å². The van der Waals surface area contributed by atoms with Crippen molar-refractivity contribution in [2.75, 3.05) is 26.2 Å². The number of carbonyl (C=O) groups is 2. The minimum atomic E-state index is -4.60. The van der Waals surface area contributed by atoms with E-state index in [0.717, 1.165) is 12.8 Å². The molecule has 1 aliphatic rings. The first kappa shape index (κ1) is 15.6. The molecule has 110 valence electrons. The van der Waals surface area contributed by atoms with Gasteiger partial charge in [-0.05, 0) is 18.8 Å². The highest BCUT2D eigenvalue weighted by Crippen LogP contribution is 2.20. The van der Waals surface area contributed by atoms with Gasteiger partial charge in [0, 0.05) is 13.1 Å². The Morgan fingerprint density at radius 3 is 2.53 bits per heavy atom. The number of amides is 2. The number of alkyl halides is 3. The Morgan fingerprint density at radius 1 is 1.42 bits per heavy atom. The zero-order valence-electron chi connectivity index (χ0n) is 10.6. The summed E-state index contributed by atoms with van der Waals surface area (Å²) in [5, 5.41) is 8.60. The quantitative estimate of drug-likeness (QED) is 0.858. The van der Waals surface area contributed by atoms with Gasteiger partial charge in [-0.15, -0.1) is 0 Å².